The van der Waals surface area contributed by atoms with Gasteiger partial charge in [-0.15, -0.1) is 0 Å². The van der Waals surface area contributed by atoms with Gasteiger partial charge in [-0.1, -0.05) is 6.58 Å². The lowest BCUT2D eigenvalue weighted by Crippen LogP contribution is -2.30. The Morgan fingerprint density at radius 2 is 2.18 bits per heavy atom. The van der Waals surface area contributed by atoms with Crippen molar-refractivity contribution < 1.29 is 9.53 Å². The van der Waals surface area contributed by atoms with Crippen LogP contribution < -0.4 is 5.32 Å². The number of rotatable bonds is 3. The molecule has 3 heteroatoms. The SMILES string of the molecule is C=CC(=O)NCOC(C)(C)C. The third-order valence-corrected chi connectivity index (χ3v) is 0.937. The van der Waals surface area contributed by atoms with Crippen LogP contribution in [-0.4, -0.2) is 18.2 Å². The minimum Gasteiger partial charge on any atom is -0.356 e. The average molecular weight is 157 g/mol. The fraction of sp³-hybridized carbons (Fsp3) is 0.625. The maximum atomic E-state index is 10.6. The maximum Gasteiger partial charge on any atom is 0.245 e. The molecule has 1 amide bonds. The van der Waals surface area contributed by atoms with Gasteiger partial charge >= 0.3 is 0 Å². The summed E-state index contributed by atoms with van der Waals surface area (Å²) in [5.74, 6) is -0.214. The van der Waals surface area contributed by atoms with Crippen molar-refractivity contribution in [3.8, 4) is 0 Å². The van der Waals surface area contributed by atoms with Gasteiger partial charge < -0.3 is 10.1 Å². The molecule has 64 valence electrons. The Labute approximate surface area is 67.4 Å². The van der Waals surface area contributed by atoms with Crippen LogP contribution in [0.4, 0.5) is 0 Å². The number of carbonyl (C=O) groups excluding carboxylic acids is 1. The van der Waals surface area contributed by atoms with Gasteiger partial charge in [0, 0.05) is 0 Å². The van der Waals surface area contributed by atoms with Crippen LogP contribution in [0, 0.1) is 0 Å². The molecule has 0 saturated heterocycles. The van der Waals surface area contributed by atoms with E-state index < -0.39 is 0 Å². The van der Waals surface area contributed by atoms with E-state index in [4.69, 9.17) is 4.74 Å². The Kier molecular flexibility index (Phi) is 3.82. The monoisotopic (exact) mass is 157 g/mol. The number of carbonyl (C=O) groups is 1. The zero-order valence-corrected chi connectivity index (χ0v) is 7.31. The van der Waals surface area contributed by atoms with Gasteiger partial charge in [0.25, 0.3) is 0 Å². The van der Waals surface area contributed by atoms with Crippen molar-refractivity contribution in [3.05, 3.63) is 12.7 Å². The molecule has 0 aliphatic heterocycles. The predicted octanol–water partition coefficient (Wildman–Crippen LogP) is 1.06. The highest BCUT2D eigenvalue weighted by molar-refractivity contribution is 5.86. The van der Waals surface area contributed by atoms with Crippen LogP contribution in [-0.2, 0) is 9.53 Å². The second-order valence-corrected chi connectivity index (χ2v) is 3.15. The van der Waals surface area contributed by atoms with Crippen molar-refractivity contribution in [2.75, 3.05) is 6.73 Å². The van der Waals surface area contributed by atoms with Gasteiger partial charge in [-0.2, -0.15) is 0 Å². The van der Waals surface area contributed by atoms with Crippen LogP contribution in [0.1, 0.15) is 20.8 Å². The lowest BCUT2D eigenvalue weighted by Gasteiger charge is -2.19. The summed E-state index contributed by atoms with van der Waals surface area (Å²) in [7, 11) is 0. The molecule has 1 N–H and O–H groups in total. The molecular formula is C8H15NO2. The summed E-state index contributed by atoms with van der Waals surface area (Å²) in [5, 5.41) is 2.51. The zero-order chi connectivity index (χ0) is 8.91. The highest BCUT2D eigenvalue weighted by atomic mass is 16.5. The van der Waals surface area contributed by atoms with E-state index in [9.17, 15) is 4.79 Å². The molecule has 0 aromatic carbocycles. The molecule has 0 aromatic rings. The van der Waals surface area contributed by atoms with E-state index >= 15 is 0 Å². The summed E-state index contributed by atoms with van der Waals surface area (Å²) in [5.41, 5.74) is -0.214. The number of hydrogen-bond donors (Lipinski definition) is 1. The quantitative estimate of drug-likeness (QED) is 0.491. The Bertz CT molecular complexity index is 147. The third kappa shape index (κ3) is 7.06. The highest BCUT2D eigenvalue weighted by Crippen LogP contribution is 2.04. The normalized spacial score (nSPS) is 10.8. The van der Waals surface area contributed by atoms with Crippen molar-refractivity contribution in [2.24, 2.45) is 0 Å². The fourth-order valence-corrected chi connectivity index (χ4v) is 0.396. The third-order valence-electron chi connectivity index (χ3n) is 0.937. The standard InChI is InChI=1S/C8H15NO2/c1-5-7(10)9-6-11-8(2,3)4/h5H,1,6H2,2-4H3,(H,9,10). The van der Waals surface area contributed by atoms with Crippen LogP contribution in [0.25, 0.3) is 0 Å². The molecule has 0 fully saturated rings. The molecule has 0 atom stereocenters. The first kappa shape index (κ1) is 10.2. The topological polar surface area (TPSA) is 38.3 Å². The largest absolute Gasteiger partial charge is 0.356 e. The van der Waals surface area contributed by atoms with E-state index in [1.165, 1.54) is 6.08 Å². The molecule has 11 heavy (non-hydrogen) atoms. The molecule has 3 nitrogen and oxygen atoms in total. The van der Waals surface area contributed by atoms with Crippen molar-refractivity contribution >= 4 is 5.91 Å². The van der Waals surface area contributed by atoms with Crippen molar-refractivity contribution in [1.82, 2.24) is 5.32 Å². The first-order chi connectivity index (χ1) is 4.95. The van der Waals surface area contributed by atoms with Crippen LogP contribution in [0.3, 0.4) is 0 Å². The Balaban J connectivity index is 3.42. The summed E-state index contributed by atoms with van der Waals surface area (Å²) in [6.45, 7) is 9.31. The molecule has 0 aliphatic rings. The van der Waals surface area contributed by atoms with Gasteiger partial charge in [-0.05, 0) is 26.8 Å². The summed E-state index contributed by atoms with van der Waals surface area (Å²) in [4.78, 5) is 10.6. The van der Waals surface area contributed by atoms with Gasteiger partial charge in [0.05, 0.1) is 5.60 Å². The van der Waals surface area contributed by atoms with Gasteiger partial charge in [0.2, 0.25) is 5.91 Å². The van der Waals surface area contributed by atoms with Gasteiger partial charge in [0.1, 0.15) is 6.73 Å². The molecule has 0 saturated carbocycles. The summed E-state index contributed by atoms with van der Waals surface area (Å²) >= 11 is 0. The van der Waals surface area contributed by atoms with E-state index in [1.807, 2.05) is 20.8 Å². The van der Waals surface area contributed by atoms with E-state index in [0.29, 0.717) is 0 Å². The number of hydrogen-bond acceptors (Lipinski definition) is 2. The lowest BCUT2D eigenvalue weighted by molar-refractivity contribution is -0.119. The maximum absolute atomic E-state index is 10.6. The first-order valence-electron chi connectivity index (χ1n) is 3.50. The van der Waals surface area contributed by atoms with E-state index in [-0.39, 0.29) is 18.2 Å². The lowest BCUT2D eigenvalue weighted by atomic mass is 10.2. The molecule has 0 heterocycles. The summed E-state index contributed by atoms with van der Waals surface area (Å²) < 4.78 is 5.22. The predicted molar refractivity (Wildman–Crippen MR) is 44.0 cm³/mol. The summed E-state index contributed by atoms with van der Waals surface area (Å²) in [6, 6.07) is 0. The van der Waals surface area contributed by atoms with E-state index in [1.54, 1.807) is 0 Å². The van der Waals surface area contributed by atoms with Crippen molar-refractivity contribution in [1.29, 1.82) is 0 Å². The average Bonchev–Trinajstić information content (AvgIpc) is 1.85. The molecule has 0 rings (SSSR count). The Morgan fingerprint density at radius 1 is 1.64 bits per heavy atom. The van der Waals surface area contributed by atoms with Crippen LogP contribution in [0.2, 0.25) is 0 Å². The number of nitrogens with one attached hydrogen (secondary N) is 1. The second-order valence-electron chi connectivity index (χ2n) is 3.15. The number of amides is 1. The molecule has 0 spiro atoms. The van der Waals surface area contributed by atoms with Crippen LogP contribution in [0.5, 0.6) is 0 Å². The Hall–Kier alpha value is -0.830. The minimum absolute atomic E-state index is 0.214. The van der Waals surface area contributed by atoms with E-state index in [0.717, 1.165) is 0 Å². The first-order valence-corrected chi connectivity index (χ1v) is 3.50. The molecule has 0 aromatic heterocycles. The molecule has 0 radical (unpaired) electrons. The highest BCUT2D eigenvalue weighted by Gasteiger charge is 2.09. The van der Waals surface area contributed by atoms with Gasteiger partial charge in [-0.25, -0.2) is 0 Å². The molecule has 0 aliphatic carbocycles. The smallest absolute Gasteiger partial charge is 0.245 e. The van der Waals surface area contributed by atoms with Crippen LogP contribution >= 0.6 is 0 Å². The van der Waals surface area contributed by atoms with Gasteiger partial charge in [0.15, 0.2) is 0 Å². The minimum atomic E-state index is -0.214. The number of ether oxygens (including phenoxy) is 1. The molecule has 0 bridgehead atoms. The molecule has 0 unspecified atom stereocenters. The zero-order valence-electron chi connectivity index (χ0n) is 7.31. The second kappa shape index (κ2) is 4.13. The van der Waals surface area contributed by atoms with Gasteiger partial charge in [-0.3, -0.25) is 4.79 Å². The van der Waals surface area contributed by atoms with Crippen LogP contribution in [0.15, 0.2) is 12.7 Å². The summed E-state index contributed by atoms with van der Waals surface area (Å²) in [6.07, 6.45) is 1.21. The van der Waals surface area contributed by atoms with Crippen molar-refractivity contribution in [2.45, 2.75) is 26.4 Å². The molecular weight excluding hydrogens is 142 g/mol. The Morgan fingerprint density at radius 3 is 2.55 bits per heavy atom. The van der Waals surface area contributed by atoms with E-state index in [2.05, 4.69) is 11.9 Å². The van der Waals surface area contributed by atoms with Crippen molar-refractivity contribution in [3.63, 3.8) is 0 Å². The fourth-order valence-electron chi connectivity index (χ4n) is 0.396.